The van der Waals surface area contributed by atoms with E-state index in [1.165, 1.54) is 56.8 Å². The van der Waals surface area contributed by atoms with Crippen LogP contribution in [0.15, 0.2) is 24.3 Å². The van der Waals surface area contributed by atoms with Gasteiger partial charge in [-0.2, -0.15) is 26.3 Å². The van der Waals surface area contributed by atoms with Crippen molar-refractivity contribution in [1.82, 2.24) is 10.6 Å². The van der Waals surface area contributed by atoms with Gasteiger partial charge >= 0.3 is 30.3 Å². The van der Waals surface area contributed by atoms with E-state index in [2.05, 4.69) is 34.9 Å². The second-order valence-electron chi connectivity index (χ2n) is 9.59. The van der Waals surface area contributed by atoms with Crippen LogP contribution in [0, 0.1) is 5.92 Å². The molecule has 14 heteroatoms. The van der Waals surface area contributed by atoms with Crippen molar-refractivity contribution >= 4 is 17.9 Å². The first-order valence-corrected chi connectivity index (χ1v) is 12.8. The van der Waals surface area contributed by atoms with Crippen molar-refractivity contribution in [2.45, 2.75) is 82.2 Å². The summed E-state index contributed by atoms with van der Waals surface area (Å²) in [6.07, 6.45) is -1.20. The van der Waals surface area contributed by atoms with Gasteiger partial charge in [0.1, 0.15) is 0 Å². The summed E-state index contributed by atoms with van der Waals surface area (Å²) in [6, 6.07) is 9.88. The van der Waals surface area contributed by atoms with Gasteiger partial charge in [0.25, 0.3) is 0 Å². The summed E-state index contributed by atoms with van der Waals surface area (Å²) in [5.74, 6) is -4.16. The Labute approximate surface area is 228 Å². The quantitative estimate of drug-likeness (QED) is 0.259. The van der Waals surface area contributed by atoms with Crippen molar-refractivity contribution in [2.24, 2.45) is 5.92 Å². The molecular formula is C26H36F6N2O6. The fraction of sp³-hybridized carbons (Fsp3) is 0.654. The summed E-state index contributed by atoms with van der Waals surface area (Å²) < 4.78 is 68.2. The van der Waals surface area contributed by atoms with E-state index in [1.54, 1.807) is 0 Å². The van der Waals surface area contributed by atoms with E-state index in [0.29, 0.717) is 18.4 Å². The molecule has 0 radical (unpaired) electrons. The van der Waals surface area contributed by atoms with Gasteiger partial charge in [0.15, 0.2) is 0 Å². The highest BCUT2D eigenvalue weighted by atomic mass is 19.4. The molecule has 0 unspecified atom stereocenters. The molecule has 1 aromatic carbocycles. The zero-order chi connectivity index (χ0) is 30.3. The van der Waals surface area contributed by atoms with Crippen LogP contribution in [0.5, 0.6) is 0 Å². The van der Waals surface area contributed by atoms with Gasteiger partial charge < -0.3 is 25.6 Å². The summed E-state index contributed by atoms with van der Waals surface area (Å²) in [7, 11) is 1.47. The van der Waals surface area contributed by atoms with Gasteiger partial charge in [0, 0.05) is 19.0 Å². The number of hydrogen-bond donors (Lipinski definition) is 4. The van der Waals surface area contributed by atoms with Gasteiger partial charge in [-0.15, -0.1) is 0 Å². The summed E-state index contributed by atoms with van der Waals surface area (Å²) >= 11 is 0. The summed E-state index contributed by atoms with van der Waals surface area (Å²) in [6.45, 7) is 3.26. The molecule has 1 aliphatic heterocycles. The molecule has 0 bridgehead atoms. The Balaban J connectivity index is 0.000000473. The summed E-state index contributed by atoms with van der Waals surface area (Å²) in [5, 5.41) is 21.4. The number of carbonyl (C=O) groups is 3. The van der Waals surface area contributed by atoms with E-state index in [0.717, 1.165) is 32.0 Å². The Hall–Kier alpha value is -2.87. The topological polar surface area (TPSA) is 125 Å². The first-order valence-electron chi connectivity index (χ1n) is 12.8. The Bertz CT molecular complexity index is 886. The first kappa shape index (κ1) is 35.2. The number of carbonyl (C=O) groups excluding carboxylic acids is 1. The number of halogens is 6. The van der Waals surface area contributed by atoms with Crippen molar-refractivity contribution in [3.63, 3.8) is 0 Å². The largest absolute Gasteiger partial charge is 0.490 e. The minimum Gasteiger partial charge on any atom is -0.475 e. The van der Waals surface area contributed by atoms with Crippen LogP contribution in [0.3, 0.4) is 0 Å². The molecule has 40 heavy (non-hydrogen) atoms. The minimum atomic E-state index is -5.08. The second kappa shape index (κ2) is 17.1. The molecule has 0 aromatic heterocycles. The number of piperidine rings is 1. The number of carboxylic acids is 2. The molecule has 0 spiro atoms. The Morgan fingerprint density at radius 3 is 1.77 bits per heavy atom. The lowest BCUT2D eigenvalue weighted by molar-refractivity contribution is -0.193. The molecule has 0 amide bonds. The highest BCUT2D eigenvalue weighted by Gasteiger charge is 2.38. The molecule has 1 heterocycles. The second-order valence-corrected chi connectivity index (χ2v) is 9.59. The number of aliphatic carboxylic acids is 2. The number of hydrogen-bond acceptors (Lipinski definition) is 6. The Morgan fingerprint density at radius 2 is 1.35 bits per heavy atom. The highest BCUT2D eigenvalue weighted by molar-refractivity contribution is 5.73. The lowest BCUT2D eigenvalue weighted by Crippen LogP contribution is -2.32. The van der Waals surface area contributed by atoms with Crippen LogP contribution >= 0.6 is 0 Å². The third kappa shape index (κ3) is 14.5. The lowest BCUT2D eigenvalue weighted by Gasteiger charge is -2.29. The summed E-state index contributed by atoms with van der Waals surface area (Å²) in [5.41, 5.74) is 2.89. The van der Waals surface area contributed by atoms with Crippen LogP contribution in [0.2, 0.25) is 0 Å². The smallest absolute Gasteiger partial charge is 0.475 e. The van der Waals surface area contributed by atoms with Gasteiger partial charge in [0.05, 0.1) is 7.11 Å². The average Bonchev–Trinajstić information content (AvgIpc) is 2.91. The highest BCUT2D eigenvalue weighted by Crippen LogP contribution is 2.29. The van der Waals surface area contributed by atoms with E-state index in [4.69, 9.17) is 24.5 Å². The molecule has 4 N–H and O–H groups in total. The third-order valence-electron chi connectivity index (χ3n) is 6.70. The van der Waals surface area contributed by atoms with Crippen molar-refractivity contribution in [2.75, 3.05) is 20.2 Å². The number of benzene rings is 1. The van der Waals surface area contributed by atoms with Crippen LogP contribution in [-0.4, -0.2) is 66.7 Å². The third-order valence-corrected chi connectivity index (χ3v) is 6.70. The molecule has 1 saturated carbocycles. The van der Waals surface area contributed by atoms with E-state index in [-0.39, 0.29) is 5.97 Å². The van der Waals surface area contributed by atoms with Gasteiger partial charge in [-0.25, -0.2) is 9.59 Å². The predicted octanol–water partition coefficient (Wildman–Crippen LogP) is 5.02. The molecule has 1 aromatic rings. The minimum absolute atomic E-state index is 0.0711. The van der Waals surface area contributed by atoms with Crippen LogP contribution in [0.25, 0.3) is 0 Å². The number of esters is 1. The van der Waals surface area contributed by atoms with Crippen molar-refractivity contribution in [1.29, 1.82) is 0 Å². The number of alkyl halides is 6. The van der Waals surface area contributed by atoms with Gasteiger partial charge in [-0.3, -0.25) is 4.79 Å². The van der Waals surface area contributed by atoms with Crippen molar-refractivity contribution < 1.29 is 55.7 Å². The molecule has 3 rings (SSSR count). The van der Waals surface area contributed by atoms with Crippen LogP contribution < -0.4 is 10.6 Å². The molecule has 228 valence electrons. The SMILES string of the molecule is COC(=O)CC[C@H]1CC[C@H](NCc2ccc(C3CCNCC3)cc2)CC1.O=C(O)C(F)(F)F.O=C(O)C(F)(F)F. The molecule has 2 aliphatic rings. The average molecular weight is 587 g/mol. The standard InChI is InChI=1S/C22H34N2O2.2C2HF3O2/c1-26-22(25)11-6-17-4-9-21(10-5-17)24-16-18-2-7-19(8-3-18)20-12-14-23-15-13-20;2*3-2(4,5)1(6)7/h2-3,7-8,17,20-21,23-24H,4-6,9-16H2,1H3;2*(H,6,7)/t17-,21-;;. The number of methoxy groups -OCH3 is 1. The normalized spacial score (nSPS) is 19.8. The van der Waals surface area contributed by atoms with Gasteiger partial charge in [0.2, 0.25) is 0 Å². The lowest BCUT2D eigenvalue weighted by atomic mass is 9.83. The predicted molar refractivity (Wildman–Crippen MR) is 133 cm³/mol. The Morgan fingerprint density at radius 1 is 0.875 bits per heavy atom. The molecule has 8 nitrogen and oxygen atoms in total. The number of nitrogens with one attached hydrogen (secondary N) is 2. The van der Waals surface area contributed by atoms with Crippen LogP contribution in [-0.2, 0) is 25.7 Å². The molecule has 0 atom stereocenters. The van der Waals surface area contributed by atoms with E-state index >= 15 is 0 Å². The van der Waals surface area contributed by atoms with Crippen molar-refractivity contribution in [3.8, 4) is 0 Å². The summed E-state index contributed by atoms with van der Waals surface area (Å²) in [4.78, 5) is 29.1. The fourth-order valence-corrected chi connectivity index (χ4v) is 4.40. The fourth-order valence-electron chi connectivity index (χ4n) is 4.40. The Kier molecular flexibility index (Phi) is 15.0. The van der Waals surface area contributed by atoms with E-state index in [9.17, 15) is 31.1 Å². The number of rotatable bonds is 7. The van der Waals surface area contributed by atoms with Crippen LogP contribution in [0.4, 0.5) is 26.3 Å². The maximum absolute atomic E-state index is 11.3. The molecular weight excluding hydrogens is 550 g/mol. The maximum Gasteiger partial charge on any atom is 0.490 e. The number of carboxylic acid groups (broad SMARTS) is 2. The molecule has 1 aliphatic carbocycles. The molecule has 1 saturated heterocycles. The zero-order valence-corrected chi connectivity index (χ0v) is 22.1. The van der Waals surface area contributed by atoms with Gasteiger partial charge in [-0.05, 0) is 81.0 Å². The first-order chi connectivity index (χ1) is 18.6. The van der Waals surface area contributed by atoms with Crippen LogP contribution in [0.1, 0.15) is 68.4 Å². The van der Waals surface area contributed by atoms with Gasteiger partial charge in [-0.1, -0.05) is 24.3 Å². The monoisotopic (exact) mass is 586 g/mol. The van der Waals surface area contributed by atoms with E-state index in [1.807, 2.05) is 0 Å². The zero-order valence-electron chi connectivity index (χ0n) is 22.1. The van der Waals surface area contributed by atoms with E-state index < -0.39 is 24.3 Å². The number of ether oxygens (including phenoxy) is 1. The maximum atomic E-state index is 11.3. The molecule has 2 fully saturated rings. The van der Waals surface area contributed by atoms with Crippen molar-refractivity contribution in [3.05, 3.63) is 35.4 Å².